The highest BCUT2D eigenvalue weighted by atomic mass is 16.6. The van der Waals surface area contributed by atoms with Gasteiger partial charge >= 0.3 is 0 Å². The van der Waals surface area contributed by atoms with Gasteiger partial charge in [-0.25, -0.2) is 0 Å². The van der Waals surface area contributed by atoms with E-state index >= 15 is 0 Å². The Bertz CT molecular complexity index is 1200. The van der Waals surface area contributed by atoms with E-state index in [1.54, 1.807) is 36.4 Å². The number of Topliss-reactive ketones (excluding diaryl/α,β-unsaturated/α-hetero) is 2. The average molecular weight is 443 g/mol. The van der Waals surface area contributed by atoms with Crippen LogP contribution in [-0.2, 0) is 0 Å². The number of aryl methyl sites for hydroxylation is 2. The monoisotopic (exact) mass is 442 g/mol. The van der Waals surface area contributed by atoms with Gasteiger partial charge in [0.1, 0.15) is 0 Å². The topological polar surface area (TPSA) is 80.5 Å². The summed E-state index contributed by atoms with van der Waals surface area (Å²) in [6.45, 7) is 4.30. The molecule has 4 rings (SSSR count). The van der Waals surface area contributed by atoms with E-state index in [0.717, 1.165) is 11.1 Å². The number of rotatable bonds is 6. The van der Waals surface area contributed by atoms with Crippen molar-refractivity contribution in [3.8, 4) is 0 Å². The van der Waals surface area contributed by atoms with Crippen molar-refractivity contribution in [1.29, 1.82) is 0 Å². The van der Waals surface area contributed by atoms with Crippen LogP contribution in [0, 0.1) is 35.8 Å². The first-order chi connectivity index (χ1) is 15.8. The SMILES string of the molecule is Cc1ccc(C(=O)[C@@H]2[C@@H](C(=O)c3ccc(C)cc3)CN(C)[C@@H]2c2cccc([N+](=O)[O-])c2)cc1. The highest BCUT2D eigenvalue weighted by Crippen LogP contribution is 2.43. The van der Waals surface area contributed by atoms with Crippen LogP contribution in [0.3, 0.4) is 0 Å². The third-order valence-corrected chi connectivity index (χ3v) is 6.47. The summed E-state index contributed by atoms with van der Waals surface area (Å²) >= 11 is 0. The molecule has 6 nitrogen and oxygen atoms in total. The molecule has 0 aliphatic carbocycles. The van der Waals surface area contributed by atoms with E-state index in [9.17, 15) is 19.7 Å². The molecule has 6 heteroatoms. The number of ketones is 2. The molecule has 0 aromatic heterocycles. The largest absolute Gasteiger partial charge is 0.298 e. The molecule has 33 heavy (non-hydrogen) atoms. The van der Waals surface area contributed by atoms with Gasteiger partial charge in [-0.3, -0.25) is 24.6 Å². The van der Waals surface area contributed by atoms with Gasteiger partial charge in [0.05, 0.1) is 10.8 Å². The predicted octanol–water partition coefficient (Wildman–Crippen LogP) is 5.20. The molecule has 1 aliphatic heterocycles. The Morgan fingerprint density at radius 3 is 1.97 bits per heavy atom. The van der Waals surface area contributed by atoms with Crippen LogP contribution in [0.15, 0.2) is 72.8 Å². The number of carbonyl (C=O) groups is 2. The number of carbonyl (C=O) groups excluding carboxylic acids is 2. The summed E-state index contributed by atoms with van der Waals surface area (Å²) in [5.41, 5.74) is 3.83. The van der Waals surface area contributed by atoms with Crippen molar-refractivity contribution in [3.05, 3.63) is 111 Å². The second kappa shape index (κ2) is 9.08. The Labute approximate surface area is 193 Å². The quantitative estimate of drug-likeness (QED) is 0.298. The van der Waals surface area contributed by atoms with E-state index in [-0.39, 0.29) is 17.3 Å². The molecule has 0 spiro atoms. The Morgan fingerprint density at radius 1 is 0.879 bits per heavy atom. The van der Waals surface area contributed by atoms with E-state index in [1.807, 2.05) is 50.1 Å². The number of benzene rings is 3. The number of likely N-dealkylation sites (tertiary alicyclic amines) is 1. The number of non-ortho nitro benzene ring substituents is 1. The van der Waals surface area contributed by atoms with Crippen LogP contribution in [0.5, 0.6) is 0 Å². The molecule has 3 atom stereocenters. The predicted molar refractivity (Wildman–Crippen MR) is 126 cm³/mol. The maximum Gasteiger partial charge on any atom is 0.269 e. The highest BCUT2D eigenvalue weighted by molar-refractivity contribution is 6.06. The van der Waals surface area contributed by atoms with E-state index < -0.39 is 22.8 Å². The van der Waals surface area contributed by atoms with Crippen molar-refractivity contribution in [3.63, 3.8) is 0 Å². The normalized spacial score (nSPS) is 20.5. The number of nitro groups is 1. The molecule has 1 saturated heterocycles. The molecular weight excluding hydrogens is 416 g/mol. The van der Waals surface area contributed by atoms with Crippen molar-refractivity contribution in [2.45, 2.75) is 19.9 Å². The lowest BCUT2D eigenvalue weighted by molar-refractivity contribution is -0.385. The third kappa shape index (κ3) is 4.47. The van der Waals surface area contributed by atoms with Crippen LogP contribution in [0.1, 0.15) is 43.4 Å². The maximum atomic E-state index is 13.8. The summed E-state index contributed by atoms with van der Waals surface area (Å²) in [4.78, 5) is 40.3. The number of hydrogen-bond donors (Lipinski definition) is 0. The molecule has 168 valence electrons. The Kier molecular flexibility index (Phi) is 6.20. The molecule has 0 amide bonds. The Hall–Kier alpha value is -3.64. The van der Waals surface area contributed by atoms with Crippen molar-refractivity contribution in [1.82, 2.24) is 4.90 Å². The molecule has 0 saturated carbocycles. The van der Waals surface area contributed by atoms with Crippen molar-refractivity contribution < 1.29 is 14.5 Å². The van der Waals surface area contributed by atoms with Crippen molar-refractivity contribution in [2.75, 3.05) is 13.6 Å². The highest BCUT2D eigenvalue weighted by Gasteiger charge is 2.48. The van der Waals surface area contributed by atoms with Gasteiger partial charge in [-0.1, -0.05) is 71.8 Å². The second-order valence-corrected chi connectivity index (χ2v) is 8.83. The molecule has 3 aromatic rings. The van der Waals surface area contributed by atoms with Crippen molar-refractivity contribution >= 4 is 17.3 Å². The van der Waals surface area contributed by atoms with Gasteiger partial charge in [0, 0.05) is 41.8 Å². The number of nitro benzene ring substituents is 1. The van der Waals surface area contributed by atoms with Gasteiger partial charge in [-0.05, 0) is 26.5 Å². The molecule has 3 aromatic carbocycles. The van der Waals surface area contributed by atoms with Gasteiger partial charge in [0.25, 0.3) is 5.69 Å². The molecule has 0 unspecified atom stereocenters. The van der Waals surface area contributed by atoms with E-state index in [0.29, 0.717) is 23.2 Å². The second-order valence-electron chi connectivity index (χ2n) is 8.83. The summed E-state index contributed by atoms with van der Waals surface area (Å²) in [5.74, 6) is -1.43. The molecule has 1 heterocycles. The standard InChI is InChI=1S/C27H26N2O4/c1-17-7-11-19(12-8-17)26(30)23-16-28(3)25(21-5-4-6-22(15-21)29(32)33)24(23)27(31)20-13-9-18(2)10-14-20/h4-15,23-25H,16H2,1-3H3/t23-,24+,25+/m0/s1. The Balaban J connectivity index is 1.79. The molecule has 0 N–H and O–H groups in total. The van der Waals surface area contributed by atoms with Crippen LogP contribution >= 0.6 is 0 Å². The summed E-state index contributed by atoms with van der Waals surface area (Å²) in [7, 11) is 1.86. The summed E-state index contributed by atoms with van der Waals surface area (Å²) < 4.78 is 0. The summed E-state index contributed by atoms with van der Waals surface area (Å²) in [6, 6.07) is 20.6. The van der Waals surface area contributed by atoms with Gasteiger partial charge in [-0.2, -0.15) is 0 Å². The lowest BCUT2D eigenvalue weighted by Crippen LogP contribution is -2.30. The van der Waals surface area contributed by atoms with Crippen LogP contribution in [0.4, 0.5) is 5.69 Å². The van der Waals surface area contributed by atoms with E-state index in [2.05, 4.69) is 0 Å². The van der Waals surface area contributed by atoms with Crippen molar-refractivity contribution in [2.24, 2.45) is 11.8 Å². The zero-order valence-electron chi connectivity index (χ0n) is 18.9. The lowest BCUT2D eigenvalue weighted by Gasteiger charge is -2.26. The van der Waals surface area contributed by atoms with Crippen LogP contribution in [-0.4, -0.2) is 35.0 Å². The van der Waals surface area contributed by atoms with Gasteiger partial charge in [-0.15, -0.1) is 0 Å². The van der Waals surface area contributed by atoms with Gasteiger partial charge < -0.3 is 0 Å². The molecule has 1 aliphatic rings. The smallest absolute Gasteiger partial charge is 0.269 e. The van der Waals surface area contributed by atoms with E-state index in [4.69, 9.17) is 0 Å². The number of nitrogens with zero attached hydrogens (tertiary/aromatic N) is 2. The summed E-state index contributed by atoms with van der Waals surface area (Å²) in [6.07, 6.45) is 0. The van der Waals surface area contributed by atoms with Gasteiger partial charge in [0.15, 0.2) is 11.6 Å². The molecular formula is C27H26N2O4. The first-order valence-corrected chi connectivity index (χ1v) is 10.9. The van der Waals surface area contributed by atoms with E-state index in [1.165, 1.54) is 12.1 Å². The first-order valence-electron chi connectivity index (χ1n) is 10.9. The molecule has 1 fully saturated rings. The van der Waals surface area contributed by atoms with Gasteiger partial charge in [0.2, 0.25) is 0 Å². The third-order valence-electron chi connectivity index (χ3n) is 6.47. The summed E-state index contributed by atoms with van der Waals surface area (Å²) in [5, 5.41) is 11.4. The fourth-order valence-electron chi connectivity index (χ4n) is 4.73. The lowest BCUT2D eigenvalue weighted by atomic mass is 9.78. The zero-order valence-corrected chi connectivity index (χ0v) is 18.9. The fraction of sp³-hybridized carbons (Fsp3) is 0.259. The minimum Gasteiger partial charge on any atom is -0.298 e. The minimum atomic E-state index is -0.659. The minimum absolute atomic E-state index is 0.0317. The van der Waals surface area contributed by atoms with Crippen LogP contribution in [0.25, 0.3) is 0 Å². The van der Waals surface area contributed by atoms with Crippen LogP contribution < -0.4 is 0 Å². The van der Waals surface area contributed by atoms with Crippen LogP contribution in [0.2, 0.25) is 0 Å². The fourth-order valence-corrected chi connectivity index (χ4v) is 4.73. The Morgan fingerprint density at radius 2 is 1.42 bits per heavy atom. The molecule has 0 radical (unpaired) electrons. The maximum absolute atomic E-state index is 13.8. The molecule has 0 bridgehead atoms. The average Bonchev–Trinajstić information content (AvgIpc) is 3.16. The zero-order chi connectivity index (χ0) is 23.7. The number of hydrogen-bond acceptors (Lipinski definition) is 5. The first kappa shape index (κ1) is 22.6.